The molecule has 3 heterocycles. The van der Waals surface area contributed by atoms with E-state index < -0.39 is 23.5 Å². The smallest absolute Gasteiger partial charge is 0.310 e. The van der Waals surface area contributed by atoms with Gasteiger partial charge in [-0.25, -0.2) is 13.8 Å². The highest BCUT2D eigenvalue weighted by atomic mass is 19.1. The molecular weight excluding hydrogens is 418 g/mol. The van der Waals surface area contributed by atoms with E-state index in [1.807, 2.05) is 6.07 Å². The first-order valence-corrected chi connectivity index (χ1v) is 10.7. The van der Waals surface area contributed by atoms with Gasteiger partial charge in [-0.2, -0.15) is 0 Å². The summed E-state index contributed by atoms with van der Waals surface area (Å²) in [7, 11) is 0. The van der Waals surface area contributed by atoms with Crippen LogP contribution in [0.15, 0.2) is 34.7 Å². The number of aromatic nitrogens is 3. The standard InChI is InChI=1S/C23H24F2N4O3/c24-16-11-15(12-17(25)13-16)19(23(30)31)8-9-21-29-28-20(32-21)5-1-4-18-7-6-14-3-2-10-26-22(14)27-18/h6-7,11-13,19H,1-5,8-10H2,(H,26,27)(H,30,31). The Balaban J connectivity index is 1.30. The number of nitrogens with one attached hydrogen (secondary N) is 1. The van der Waals surface area contributed by atoms with E-state index in [-0.39, 0.29) is 18.4 Å². The van der Waals surface area contributed by atoms with Crippen LogP contribution in [-0.2, 0) is 30.5 Å². The Kier molecular flexibility index (Phi) is 6.72. The average Bonchev–Trinajstić information content (AvgIpc) is 3.20. The number of nitrogens with zero attached hydrogens (tertiary/aromatic N) is 3. The zero-order valence-electron chi connectivity index (χ0n) is 17.5. The number of carboxylic acids is 1. The topological polar surface area (TPSA) is 101 Å². The summed E-state index contributed by atoms with van der Waals surface area (Å²) in [6.45, 7) is 0.950. The van der Waals surface area contributed by atoms with Gasteiger partial charge in [-0.15, -0.1) is 10.2 Å². The molecule has 1 aliphatic rings. The number of fused-ring (bicyclic) bond motifs is 1. The summed E-state index contributed by atoms with van der Waals surface area (Å²) in [5.41, 5.74) is 2.33. The molecule has 9 heteroatoms. The lowest BCUT2D eigenvalue weighted by Crippen LogP contribution is -2.14. The molecule has 7 nitrogen and oxygen atoms in total. The van der Waals surface area contributed by atoms with E-state index in [9.17, 15) is 18.7 Å². The van der Waals surface area contributed by atoms with Crippen LogP contribution in [0.25, 0.3) is 0 Å². The largest absolute Gasteiger partial charge is 0.481 e. The van der Waals surface area contributed by atoms with Crippen molar-refractivity contribution < 1.29 is 23.1 Å². The average molecular weight is 442 g/mol. The number of benzene rings is 1. The molecule has 0 spiro atoms. The number of hydrogen-bond acceptors (Lipinski definition) is 6. The van der Waals surface area contributed by atoms with Gasteiger partial charge in [0.25, 0.3) is 0 Å². The fourth-order valence-corrected chi connectivity index (χ4v) is 3.90. The first-order valence-electron chi connectivity index (χ1n) is 10.7. The van der Waals surface area contributed by atoms with Crippen LogP contribution >= 0.6 is 0 Å². The minimum Gasteiger partial charge on any atom is -0.481 e. The van der Waals surface area contributed by atoms with Gasteiger partial charge >= 0.3 is 5.97 Å². The fraction of sp³-hybridized carbons (Fsp3) is 0.391. The quantitative estimate of drug-likeness (QED) is 0.515. The van der Waals surface area contributed by atoms with Crippen LogP contribution in [-0.4, -0.2) is 32.8 Å². The lowest BCUT2D eigenvalue weighted by Gasteiger charge is -2.17. The van der Waals surface area contributed by atoms with Crippen molar-refractivity contribution in [2.24, 2.45) is 0 Å². The Morgan fingerprint density at radius 1 is 1.09 bits per heavy atom. The van der Waals surface area contributed by atoms with Crippen LogP contribution in [0.1, 0.15) is 53.8 Å². The summed E-state index contributed by atoms with van der Waals surface area (Å²) in [6.07, 6.45) is 4.60. The van der Waals surface area contributed by atoms with Gasteiger partial charge in [-0.05, 0) is 61.4 Å². The minimum absolute atomic E-state index is 0.0711. The zero-order valence-corrected chi connectivity index (χ0v) is 17.5. The van der Waals surface area contributed by atoms with E-state index in [1.54, 1.807) is 0 Å². The molecule has 0 saturated heterocycles. The maximum Gasteiger partial charge on any atom is 0.310 e. The Hall–Kier alpha value is -3.36. The number of rotatable bonds is 9. The molecule has 0 bridgehead atoms. The number of halogens is 2. The maximum atomic E-state index is 13.5. The molecule has 3 aromatic rings. The second-order valence-electron chi connectivity index (χ2n) is 7.92. The second-order valence-corrected chi connectivity index (χ2v) is 7.92. The van der Waals surface area contributed by atoms with Crippen LogP contribution in [0.3, 0.4) is 0 Å². The van der Waals surface area contributed by atoms with Crippen molar-refractivity contribution >= 4 is 11.8 Å². The highest BCUT2D eigenvalue weighted by Crippen LogP contribution is 2.24. The van der Waals surface area contributed by atoms with Gasteiger partial charge in [0.1, 0.15) is 17.5 Å². The number of carbonyl (C=O) groups is 1. The summed E-state index contributed by atoms with van der Waals surface area (Å²) in [5, 5.41) is 20.8. The molecule has 1 aromatic carbocycles. The molecule has 1 unspecified atom stereocenters. The predicted molar refractivity (Wildman–Crippen MR) is 112 cm³/mol. The molecule has 0 aliphatic carbocycles. The van der Waals surface area contributed by atoms with Crippen LogP contribution in [0, 0.1) is 11.6 Å². The first kappa shape index (κ1) is 21.9. The summed E-state index contributed by atoms with van der Waals surface area (Å²) < 4.78 is 32.6. The van der Waals surface area contributed by atoms with Crippen LogP contribution in [0.2, 0.25) is 0 Å². The Morgan fingerprint density at radius 3 is 2.59 bits per heavy atom. The lowest BCUT2D eigenvalue weighted by molar-refractivity contribution is -0.139. The summed E-state index contributed by atoms with van der Waals surface area (Å²) >= 11 is 0. The minimum atomic E-state index is -1.17. The third kappa shape index (κ3) is 5.46. The van der Waals surface area contributed by atoms with Gasteiger partial charge < -0.3 is 14.8 Å². The van der Waals surface area contributed by atoms with Gasteiger partial charge in [0.05, 0.1) is 5.92 Å². The predicted octanol–water partition coefficient (Wildman–Crippen LogP) is 4.08. The monoisotopic (exact) mass is 442 g/mol. The second kappa shape index (κ2) is 9.84. The Bertz CT molecular complexity index is 1080. The molecule has 4 rings (SSSR count). The number of anilines is 1. The van der Waals surface area contributed by atoms with Crippen molar-refractivity contribution in [2.45, 2.75) is 50.9 Å². The molecule has 0 fully saturated rings. The molecule has 168 valence electrons. The van der Waals surface area contributed by atoms with Crippen LogP contribution < -0.4 is 5.32 Å². The third-order valence-corrected chi connectivity index (χ3v) is 5.52. The van der Waals surface area contributed by atoms with Gasteiger partial charge in [0.2, 0.25) is 11.8 Å². The highest BCUT2D eigenvalue weighted by molar-refractivity contribution is 5.76. The summed E-state index contributed by atoms with van der Waals surface area (Å²) in [4.78, 5) is 16.3. The summed E-state index contributed by atoms with van der Waals surface area (Å²) in [6, 6.07) is 6.95. The van der Waals surface area contributed by atoms with E-state index in [2.05, 4.69) is 26.6 Å². The van der Waals surface area contributed by atoms with E-state index >= 15 is 0 Å². The van der Waals surface area contributed by atoms with Crippen molar-refractivity contribution in [3.05, 3.63) is 70.6 Å². The van der Waals surface area contributed by atoms with Gasteiger partial charge in [-0.1, -0.05) is 6.07 Å². The van der Waals surface area contributed by atoms with E-state index in [1.165, 1.54) is 5.56 Å². The number of carboxylic acid groups (broad SMARTS) is 1. The highest BCUT2D eigenvalue weighted by Gasteiger charge is 2.22. The number of aryl methyl sites for hydroxylation is 4. The van der Waals surface area contributed by atoms with Gasteiger partial charge in [-0.3, -0.25) is 4.79 Å². The number of hydrogen-bond donors (Lipinski definition) is 2. The van der Waals surface area contributed by atoms with Gasteiger partial charge in [0, 0.05) is 31.1 Å². The van der Waals surface area contributed by atoms with E-state index in [0.29, 0.717) is 24.3 Å². The molecule has 32 heavy (non-hydrogen) atoms. The van der Waals surface area contributed by atoms with Crippen molar-refractivity contribution in [3.8, 4) is 0 Å². The van der Waals surface area contributed by atoms with Crippen molar-refractivity contribution in [1.82, 2.24) is 15.2 Å². The molecule has 1 aliphatic heterocycles. The molecule has 2 N–H and O–H groups in total. The Labute approximate surface area is 183 Å². The molecule has 0 radical (unpaired) electrons. The van der Waals surface area contributed by atoms with E-state index in [0.717, 1.165) is 55.9 Å². The fourth-order valence-electron chi connectivity index (χ4n) is 3.90. The van der Waals surface area contributed by atoms with Crippen molar-refractivity contribution in [3.63, 3.8) is 0 Å². The molecule has 0 amide bonds. The SMILES string of the molecule is O=C(O)C(CCc1nnc(CCCc2ccc3c(n2)NCCC3)o1)c1cc(F)cc(F)c1. The maximum absolute atomic E-state index is 13.5. The van der Waals surface area contributed by atoms with Crippen LogP contribution in [0.4, 0.5) is 14.6 Å². The van der Waals surface area contributed by atoms with E-state index in [4.69, 9.17) is 4.42 Å². The first-order chi connectivity index (χ1) is 15.5. The van der Waals surface area contributed by atoms with Gasteiger partial charge in [0.15, 0.2) is 0 Å². The molecule has 2 aromatic heterocycles. The molecular formula is C23H24F2N4O3. The number of pyridine rings is 1. The molecule has 0 saturated carbocycles. The third-order valence-electron chi connectivity index (χ3n) is 5.52. The summed E-state index contributed by atoms with van der Waals surface area (Å²) in [5.74, 6) is -2.11. The lowest BCUT2D eigenvalue weighted by atomic mass is 9.94. The number of aliphatic carboxylic acids is 1. The van der Waals surface area contributed by atoms with Crippen LogP contribution in [0.5, 0.6) is 0 Å². The van der Waals surface area contributed by atoms with Crippen molar-refractivity contribution in [2.75, 3.05) is 11.9 Å². The Morgan fingerprint density at radius 2 is 1.84 bits per heavy atom. The zero-order chi connectivity index (χ0) is 22.5. The van der Waals surface area contributed by atoms with Crippen molar-refractivity contribution in [1.29, 1.82) is 0 Å². The molecule has 1 atom stereocenters. The normalized spacial score (nSPS) is 13.9.